The summed E-state index contributed by atoms with van der Waals surface area (Å²) in [5, 5.41) is 31.1. The highest BCUT2D eigenvalue weighted by atomic mass is 19.4. The van der Waals surface area contributed by atoms with Crippen molar-refractivity contribution in [3.05, 3.63) is 34.9 Å². The maximum Gasteiger partial charge on any atom is 0.416 e. The number of nitrogens with zero attached hydrogens (tertiary/aromatic N) is 4. The molecule has 29 heavy (non-hydrogen) atoms. The van der Waals surface area contributed by atoms with Crippen LogP contribution in [0.5, 0.6) is 5.75 Å². The quantitative estimate of drug-likeness (QED) is 0.801. The number of likely N-dealkylation sites (N-methyl/N-ethyl adjacent to an activating group) is 1. The van der Waals surface area contributed by atoms with E-state index in [0.29, 0.717) is 11.9 Å². The number of phenols is 1. The number of nitrogens with one attached hydrogen (secondary N) is 1. The minimum Gasteiger partial charge on any atom is -0.507 e. The molecule has 2 heterocycles. The lowest BCUT2D eigenvalue weighted by atomic mass is 9.99. The number of benzene rings is 1. The van der Waals surface area contributed by atoms with Crippen LogP contribution in [0.15, 0.2) is 18.2 Å². The van der Waals surface area contributed by atoms with E-state index in [1.165, 1.54) is 13.0 Å². The number of aromatic hydroxyl groups is 1. The zero-order chi connectivity index (χ0) is 21.2. The van der Waals surface area contributed by atoms with Crippen molar-refractivity contribution < 1.29 is 18.3 Å². The first kappa shape index (κ1) is 20.9. The van der Waals surface area contributed by atoms with Crippen LogP contribution in [0.1, 0.15) is 36.5 Å². The number of alkyl halides is 3. The van der Waals surface area contributed by atoms with Gasteiger partial charge in [0.15, 0.2) is 5.82 Å². The number of nitriles is 1. The molecule has 1 fully saturated rings. The van der Waals surface area contributed by atoms with Gasteiger partial charge < -0.3 is 15.3 Å². The highest BCUT2D eigenvalue weighted by Gasteiger charge is 2.32. The third kappa shape index (κ3) is 4.59. The van der Waals surface area contributed by atoms with Crippen LogP contribution in [0.25, 0.3) is 11.3 Å². The molecule has 0 spiro atoms. The Bertz CT molecular complexity index is 916. The summed E-state index contributed by atoms with van der Waals surface area (Å²) >= 11 is 0. The molecule has 6 nitrogen and oxygen atoms in total. The number of halogens is 3. The van der Waals surface area contributed by atoms with Crippen LogP contribution >= 0.6 is 0 Å². The Morgan fingerprint density at radius 1 is 1.31 bits per heavy atom. The van der Waals surface area contributed by atoms with Gasteiger partial charge in [-0.05, 0) is 56.6 Å². The Morgan fingerprint density at radius 2 is 2.07 bits per heavy atom. The summed E-state index contributed by atoms with van der Waals surface area (Å²) in [5.74, 6) is -0.217. The van der Waals surface area contributed by atoms with Gasteiger partial charge in [-0.25, -0.2) is 0 Å². The fraction of sp³-hybridized carbons (Fsp3) is 0.450. The van der Waals surface area contributed by atoms with Gasteiger partial charge in [0.1, 0.15) is 11.8 Å². The van der Waals surface area contributed by atoms with Gasteiger partial charge >= 0.3 is 6.18 Å². The molecule has 154 valence electrons. The highest BCUT2D eigenvalue weighted by molar-refractivity contribution is 5.73. The van der Waals surface area contributed by atoms with Gasteiger partial charge in [0, 0.05) is 18.2 Å². The second-order valence-corrected chi connectivity index (χ2v) is 7.17. The van der Waals surface area contributed by atoms with E-state index in [1.807, 2.05) is 0 Å². The summed E-state index contributed by atoms with van der Waals surface area (Å²) < 4.78 is 38.8. The average Bonchev–Trinajstić information content (AvgIpc) is 2.67. The number of hydrogen-bond donors (Lipinski definition) is 2. The topological polar surface area (TPSA) is 85.1 Å². The summed E-state index contributed by atoms with van der Waals surface area (Å²) in [5.41, 5.74) is -0.247. The number of anilines is 1. The monoisotopic (exact) mass is 405 g/mol. The van der Waals surface area contributed by atoms with E-state index in [-0.39, 0.29) is 28.4 Å². The molecule has 3 rings (SSSR count). The normalized spacial score (nSPS) is 17.7. The summed E-state index contributed by atoms with van der Waals surface area (Å²) in [7, 11) is 0. The molecule has 0 amide bonds. The van der Waals surface area contributed by atoms with E-state index >= 15 is 0 Å². The first-order valence-corrected chi connectivity index (χ1v) is 9.40. The Hall–Kier alpha value is -2.86. The molecule has 1 atom stereocenters. The molecule has 1 aliphatic heterocycles. The number of phenolic OH excluding ortho intramolecular Hbond substituents is 1. The highest BCUT2D eigenvalue weighted by Crippen LogP contribution is 2.38. The molecule has 0 bridgehead atoms. The van der Waals surface area contributed by atoms with Crippen molar-refractivity contribution in [3.63, 3.8) is 0 Å². The summed E-state index contributed by atoms with van der Waals surface area (Å²) in [6.07, 6.45) is -2.58. The summed E-state index contributed by atoms with van der Waals surface area (Å²) in [6.45, 7) is 6.36. The molecule has 2 N–H and O–H groups in total. The number of aromatic nitrogens is 2. The number of rotatable bonds is 4. The summed E-state index contributed by atoms with van der Waals surface area (Å²) in [6, 6.07) is 5.22. The largest absolute Gasteiger partial charge is 0.507 e. The van der Waals surface area contributed by atoms with Crippen molar-refractivity contribution in [1.82, 2.24) is 15.1 Å². The fourth-order valence-electron chi connectivity index (χ4n) is 3.63. The first-order valence-electron chi connectivity index (χ1n) is 9.40. The van der Waals surface area contributed by atoms with E-state index in [1.54, 1.807) is 0 Å². The maximum absolute atomic E-state index is 12.9. The molecule has 1 unspecified atom stereocenters. The van der Waals surface area contributed by atoms with Crippen LogP contribution in [0.4, 0.5) is 19.0 Å². The lowest BCUT2D eigenvalue weighted by molar-refractivity contribution is -0.137. The van der Waals surface area contributed by atoms with Crippen LogP contribution < -0.4 is 5.32 Å². The van der Waals surface area contributed by atoms with Gasteiger partial charge in [-0.1, -0.05) is 6.92 Å². The fourth-order valence-corrected chi connectivity index (χ4v) is 3.63. The minimum atomic E-state index is -4.57. The Morgan fingerprint density at radius 3 is 2.69 bits per heavy atom. The second-order valence-electron chi connectivity index (χ2n) is 7.17. The molecule has 9 heteroatoms. The zero-order valence-corrected chi connectivity index (χ0v) is 16.2. The van der Waals surface area contributed by atoms with E-state index in [2.05, 4.69) is 33.4 Å². The SMILES string of the molecule is CCN1CCCC(Nc2nnc(-c3c(C)cc(C(F)(F)F)cc3O)cc2C#N)C1. The standard InChI is InChI=1S/C20H22F3N5O/c1-3-28-6-4-5-15(11-28)25-19-13(10-24)8-16(26-27-19)18-12(2)7-14(9-17(18)29)20(21,22)23/h7-9,15,29H,3-6,11H2,1-2H3,(H,25,27). The summed E-state index contributed by atoms with van der Waals surface area (Å²) in [4.78, 5) is 2.30. The van der Waals surface area contributed by atoms with Crippen LogP contribution in [-0.2, 0) is 6.18 Å². The smallest absolute Gasteiger partial charge is 0.416 e. The Kier molecular flexibility index (Phi) is 5.94. The third-order valence-electron chi connectivity index (χ3n) is 5.11. The van der Waals surface area contributed by atoms with Crippen molar-refractivity contribution in [1.29, 1.82) is 5.26 Å². The molecule has 1 aromatic carbocycles. The van der Waals surface area contributed by atoms with Gasteiger partial charge in [0.05, 0.1) is 16.8 Å². The minimum absolute atomic E-state index is 0.128. The number of likely N-dealkylation sites (tertiary alicyclic amines) is 1. The molecule has 0 aliphatic carbocycles. The molecular formula is C20H22F3N5O. The van der Waals surface area contributed by atoms with Crippen molar-refractivity contribution in [2.45, 2.75) is 38.9 Å². The lowest BCUT2D eigenvalue weighted by Crippen LogP contribution is -2.42. The number of hydrogen-bond acceptors (Lipinski definition) is 6. The predicted molar refractivity (Wildman–Crippen MR) is 102 cm³/mol. The van der Waals surface area contributed by atoms with Gasteiger partial charge in [0.2, 0.25) is 0 Å². The Balaban J connectivity index is 1.91. The first-order chi connectivity index (χ1) is 13.7. The molecule has 1 aromatic heterocycles. The van der Waals surface area contributed by atoms with Crippen LogP contribution in [-0.4, -0.2) is 45.9 Å². The lowest BCUT2D eigenvalue weighted by Gasteiger charge is -2.32. The van der Waals surface area contributed by atoms with Gasteiger partial charge in [-0.2, -0.15) is 18.4 Å². The molecule has 1 saturated heterocycles. The van der Waals surface area contributed by atoms with Crippen molar-refractivity contribution >= 4 is 5.82 Å². The van der Waals surface area contributed by atoms with E-state index in [4.69, 9.17) is 0 Å². The van der Waals surface area contributed by atoms with Crippen molar-refractivity contribution in [3.8, 4) is 23.1 Å². The molecule has 1 aliphatic rings. The molecule has 2 aromatic rings. The van der Waals surface area contributed by atoms with E-state index in [9.17, 15) is 23.5 Å². The number of piperidine rings is 1. The Labute approximate surface area is 167 Å². The van der Waals surface area contributed by atoms with Crippen LogP contribution in [0, 0.1) is 18.3 Å². The zero-order valence-electron chi connectivity index (χ0n) is 16.2. The van der Waals surface area contributed by atoms with Gasteiger partial charge in [0.25, 0.3) is 0 Å². The molecule has 0 radical (unpaired) electrons. The van der Waals surface area contributed by atoms with Gasteiger partial charge in [-0.3, -0.25) is 0 Å². The van der Waals surface area contributed by atoms with Crippen molar-refractivity contribution in [2.24, 2.45) is 0 Å². The molecule has 0 saturated carbocycles. The maximum atomic E-state index is 12.9. The van der Waals surface area contributed by atoms with Crippen molar-refractivity contribution in [2.75, 3.05) is 25.0 Å². The average molecular weight is 405 g/mol. The number of aryl methyl sites for hydroxylation is 1. The second kappa shape index (κ2) is 8.25. The van der Waals surface area contributed by atoms with Gasteiger partial charge in [-0.15, -0.1) is 10.2 Å². The van der Waals surface area contributed by atoms with E-state index in [0.717, 1.165) is 38.5 Å². The van der Waals surface area contributed by atoms with Crippen LogP contribution in [0.3, 0.4) is 0 Å². The third-order valence-corrected chi connectivity index (χ3v) is 5.11. The predicted octanol–water partition coefficient (Wildman–Crippen LogP) is 3.94. The van der Waals surface area contributed by atoms with E-state index < -0.39 is 17.5 Å². The molecular weight excluding hydrogens is 383 g/mol. The van der Waals surface area contributed by atoms with Crippen LogP contribution in [0.2, 0.25) is 0 Å².